The highest BCUT2D eigenvalue weighted by atomic mass is 35.5. The smallest absolute Gasteiger partial charge is 0.255 e. The van der Waals surface area contributed by atoms with Gasteiger partial charge in [-0.2, -0.15) is 0 Å². The van der Waals surface area contributed by atoms with E-state index < -0.39 is 36.5 Å². The summed E-state index contributed by atoms with van der Waals surface area (Å²) in [4.78, 5) is 12.6. The van der Waals surface area contributed by atoms with E-state index in [1.54, 1.807) is 6.92 Å². The molecule has 3 atom stereocenters. The Balaban J connectivity index is 1.40. The molecule has 0 spiro atoms. The summed E-state index contributed by atoms with van der Waals surface area (Å²) >= 11 is 6.51. The van der Waals surface area contributed by atoms with Crippen LogP contribution in [-0.2, 0) is 0 Å². The Morgan fingerprint density at radius 3 is 2.81 bits per heavy atom. The average molecular weight is 607 g/mol. The fourth-order valence-electron chi connectivity index (χ4n) is 6.98. The largest absolute Gasteiger partial charge is 0.508 e. The number of aromatic nitrogens is 2. The maximum absolute atomic E-state index is 16.6. The van der Waals surface area contributed by atoms with Crippen molar-refractivity contribution in [1.29, 1.82) is 0 Å². The van der Waals surface area contributed by atoms with Crippen molar-refractivity contribution in [1.82, 2.24) is 14.9 Å². The van der Waals surface area contributed by atoms with E-state index in [0.717, 1.165) is 32.2 Å². The Morgan fingerprint density at radius 2 is 2.05 bits per heavy atom. The van der Waals surface area contributed by atoms with Crippen LogP contribution in [0, 0.1) is 5.82 Å². The van der Waals surface area contributed by atoms with E-state index >= 15 is 4.39 Å². The molecule has 3 aromatic rings. The molecule has 224 valence electrons. The lowest BCUT2D eigenvalue weighted by molar-refractivity contribution is 0.111. The van der Waals surface area contributed by atoms with Crippen molar-refractivity contribution in [2.75, 3.05) is 37.7 Å². The van der Waals surface area contributed by atoms with E-state index in [-0.39, 0.29) is 58.9 Å². The summed E-state index contributed by atoms with van der Waals surface area (Å²) in [5.74, 6) is -0.739. The van der Waals surface area contributed by atoms with Gasteiger partial charge in [0.25, 0.3) is 6.43 Å². The van der Waals surface area contributed by atoms with Crippen molar-refractivity contribution in [3.63, 3.8) is 0 Å². The van der Waals surface area contributed by atoms with Crippen molar-refractivity contribution in [2.24, 2.45) is 0 Å². The first-order valence-electron chi connectivity index (χ1n) is 14.4. The molecule has 0 radical (unpaired) electrons. The first kappa shape index (κ1) is 27.8. The fourth-order valence-corrected chi connectivity index (χ4v) is 7.35. The molecule has 3 aliphatic heterocycles. The molecule has 7 nitrogen and oxygen atoms in total. The molecule has 0 unspecified atom stereocenters. The summed E-state index contributed by atoms with van der Waals surface area (Å²) in [5.41, 5.74) is 0.572. The van der Waals surface area contributed by atoms with Crippen LogP contribution in [-0.4, -0.2) is 77.0 Å². The van der Waals surface area contributed by atoms with Gasteiger partial charge >= 0.3 is 0 Å². The number of ether oxygens (including phenoxy) is 2. The van der Waals surface area contributed by atoms with Crippen LogP contribution >= 0.6 is 11.6 Å². The summed E-state index contributed by atoms with van der Waals surface area (Å²) in [6.07, 6.45) is 0.151. The number of hydrogen-bond acceptors (Lipinski definition) is 7. The molecule has 5 heterocycles. The normalized spacial score (nSPS) is 25.6. The van der Waals surface area contributed by atoms with Crippen LogP contribution in [0.5, 0.6) is 17.5 Å². The van der Waals surface area contributed by atoms with Gasteiger partial charge in [-0.1, -0.05) is 11.6 Å². The van der Waals surface area contributed by atoms with Gasteiger partial charge in [-0.3, -0.25) is 4.90 Å². The van der Waals surface area contributed by atoms with E-state index in [4.69, 9.17) is 21.1 Å². The average Bonchev–Trinajstić information content (AvgIpc) is 3.64. The van der Waals surface area contributed by atoms with Crippen molar-refractivity contribution in [2.45, 2.75) is 69.1 Å². The van der Waals surface area contributed by atoms with Crippen LogP contribution in [0.15, 0.2) is 18.2 Å². The number of aromatic hydroxyl groups is 1. The topological polar surface area (TPSA) is 70.9 Å². The fraction of sp³-hybridized carbons (Fsp3) is 0.533. The summed E-state index contributed by atoms with van der Waals surface area (Å²) in [5, 5.41) is 10.8. The molecule has 2 saturated heterocycles. The van der Waals surface area contributed by atoms with E-state index in [1.165, 1.54) is 23.1 Å². The number of phenolic OH excluding ortho intramolecular Hbond substituents is 1. The van der Waals surface area contributed by atoms with Gasteiger partial charge in [0.05, 0.1) is 29.2 Å². The second-order valence-electron chi connectivity index (χ2n) is 12.0. The third-order valence-electron chi connectivity index (χ3n) is 9.06. The highest BCUT2D eigenvalue weighted by molar-refractivity contribution is 6.32. The van der Waals surface area contributed by atoms with Gasteiger partial charge in [-0.05, 0) is 62.8 Å². The minimum absolute atomic E-state index is 0.0248. The lowest BCUT2D eigenvalue weighted by Crippen LogP contribution is -2.43. The first-order chi connectivity index (χ1) is 20.1. The van der Waals surface area contributed by atoms with Crippen molar-refractivity contribution in [3.05, 3.63) is 34.6 Å². The molecule has 3 fully saturated rings. The summed E-state index contributed by atoms with van der Waals surface area (Å²) < 4.78 is 70.8. The Labute approximate surface area is 245 Å². The first-order valence-corrected chi connectivity index (χ1v) is 14.8. The lowest BCUT2D eigenvalue weighted by atomic mass is 9.95. The molecule has 0 bridgehead atoms. The number of halogens is 5. The van der Waals surface area contributed by atoms with E-state index in [0.29, 0.717) is 29.1 Å². The SMILES string of the molecule is C[C@H]1COc2nc(-c3cc(O)cc(Cl)c3C3CC3)c(F)c3nc(OC[C@@]45CCCN4C[C@H](F)C5)cc(c23)N1CC(F)F. The maximum atomic E-state index is 16.6. The van der Waals surface area contributed by atoms with Crippen LogP contribution in [0.4, 0.5) is 23.2 Å². The minimum atomic E-state index is -2.67. The number of rotatable bonds is 7. The van der Waals surface area contributed by atoms with Crippen LogP contribution < -0.4 is 14.4 Å². The number of phenols is 1. The Hall–Kier alpha value is -3.05. The summed E-state index contributed by atoms with van der Waals surface area (Å²) in [6.45, 7) is 2.43. The monoisotopic (exact) mass is 606 g/mol. The van der Waals surface area contributed by atoms with Gasteiger partial charge in [0.2, 0.25) is 11.8 Å². The quantitative estimate of drug-likeness (QED) is 0.309. The van der Waals surface area contributed by atoms with Gasteiger partial charge in [-0.15, -0.1) is 0 Å². The van der Waals surface area contributed by atoms with Gasteiger partial charge in [0.1, 0.15) is 36.3 Å². The van der Waals surface area contributed by atoms with Gasteiger partial charge < -0.3 is 19.5 Å². The molecule has 1 saturated carbocycles. The molecule has 1 aliphatic carbocycles. The molecule has 7 rings (SSSR count). The predicted octanol–water partition coefficient (Wildman–Crippen LogP) is 6.48. The van der Waals surface area contributed by atoms with Gasteiger partial charge in [0.15, 0.2) is 5.82 Å². The van der Waals surface area contributed by atoms with Crippen LogP contribution in [0.2, 0.25) is 5.02 Å². The molecule has 4 aliphatic rings. The second kappa shape index (κ2) is 10.3. The summed E-state index contributed by atoms with van der Waals surface area (Å²) in [6, 6.07) is 3.88. The van der Waals surface area contributed by atoms with E-state index in [9.17, 15) is 18.3 Å². The number of pyridine rings is 2. The number of hydrogen-bond donors (Lipinski definition) is 1. The molecule has 2 aromatic heterocycles. The van der Waals surface area contributed by atoms with Crippen LogP contribution in [0.25, 0.3) is 22.2 Å². The van der Waals surface area contributed by atoms with Crippen molar-refractivity contribution < 1.29 is 32.1 Å². The van der Waals surface area contributed by atoms with Crippen LogP contribution in [0.1, 0.15) is 50.5 Å². The lowest BCUT2D eigenvalue weighted by Gasteiger charge is -2.32. The zero-order valence-corrected chi connectivity index (χ0v) is 23.8. The number of benzene rings is 1. The molecule has 1 aromatic carbocycles. The summed E-state index contributed by atoms with van der Waals surface area (Å²) in [7, 11) is 0. The zero-order chi connectivity index (χ0) is 29.3. The third-order valence-corrected chi connectivity index (χ3v) is 9.37. The molecular formula is C30H31ClF4N4O3. The van der Waals surface area contributed by atoms with Crippen molar-refractivity contribution in [3.8, 4) is 28.8 Å². The second-order valence-corrected chi connectivity index (χ2v) is 12.4. The zero-order valence-electron chi connectivity index (χ0n) is 23.1. The number of anilines is 1. The Bertz CT molecular complexity index is 1560. The number of fused-ring (bicyclic) bond motifs is 1. The van der Waals surface area contributed by atoms with Gasteiger partial charge in [0, 0.05) is 29.6 Å². The maximum Gasteiger partial charge on any atom is 0.255 e. The molecule has 42 heavy (non-hydrogen) atoms. The van der Waals surface area contributed by atoms with E-state index in [1.807, 2.05) is 0 Å². The molecule has 0 amide bonds. The third kappa shape index (κ3) is 4.69. The van der Waals surface area contributed by atoms with Crippen molar-refractivity contribution >= 4 is 28.2 Å². The highest BCUT2D eigenvalue weighted by Crippen LogP contribution is 2.50. The molecule has 12 heteroatoms. The molecular weight excluding hydrogens is 576 g/mol. The van der Waals surface area contributed by atoms with E-state index in [2.05, 4.69) is 14.9 Å². The predicted molar refractivity (Wildman–Crippen MR) is 150 cm³/mol. The molecule has 1 N–H and O–H groups in total. The Morgan fingerprint density at radius 1 is 1.24 bits per heavy atom. The standard InChI is InChI=1S/C30H31ClF4N4O3/c1-15-13-41-29-25-21(39(15)12-22(33)34)9-23(42-14-30-5-2-6-38(30)11-17(32)10-30)36-28(25)26(35)27(37-29)19-7-18(40)8-20(31)24(19)16-3-4-16/h7-9,15-17,22,40H,2-6,10-14H2,1H3/t15-,17+,30-/m0/s1. The number of nitrogens with zero attached hydrogens (tertiary/aromatic N) is 4. The highest BCUT2D eigenvalue weighted by Gasteiger charge is 2.49. The van der Waals surface area contributed by atoms with Gasteiger partial charge in [-0.25, -0.2) is 27.5 Å². The Kier molecular flexibility index (Phi) is 6.80. The minimum Gasteiger partial charge on any atom is -0.508 e. The number of alkyl halides is 3. The van der Waals surface area contributed by atoms with Crippen LogP contribution in [0.3, 0.4) is 0 Å².